The fourth-order valence-corrected chi connectivity index (χ4v) is 2.22. The molecule has 17 heavy (non-hydrogen) atoms. The highest BCUT2D eigenvalue weighted by molar-refractivity contribution is 5.51. The van der Waals surface area contributed by atoms with Crippen LogP contribution in [-0.2, 0) is 0 Å². The minimum atomic E-state index is 0.615. The molecule has 0 aliphatic carbocycles. The number of rotatable bonds is 5. The van der Waals surface area contributed by atoms with Crippen molar-refractivity contribution in [2.24, 2.45) is 5.92 Å². The summed E-state index contributed by atoms with van der Waals surface area (Å²) in [4.78, 5) is 6.58. The summed E-state index contributed by atoms with van der Waals surface area (Å²) in [5.41, 5.74) is 0.996. The van der Waals surface area contributed by atoms with Gasteiger partial charge in [-0.15, -0.1) is 0 Å². The van der Waals surface area contributed by atoms with E-state index < -0.39 is 0 Å². The summed E-state index contributed by atoms with van der Waals surface area (Å²) in [6.45, 7) is 4.31. The van der Waals surface area contributed by atoms with E-state index in [-0.39, 0.29) is 0 Å². The molecule has 0 saturated carbocycles. The molecule has 1 atom stereocenters. The Morgan fingerprint density at radius 2 is 2.29 bits per heavy atom. The molecule has 2 rings (SSSR count). The van der Waals surface area contributed by atoms with Crippen molar-refractivity contribution in [2.75, 3.05) is 32.1 Å². The van der Waals surface area contributed by atoms with Crippen molar-refractivity contribution in [2.45, 2.75) is 6.92 Å². The van der Waals surface area contributed by atoms with Crippen molar-refractivity contribution in [3.05, 3.63) is 30.6 Å². The molecule has 0 aromatic carbocycles. The fraction of sp³-hybridized carbons (Fsp3) is 0.462. The monoisotopic (exact) mass is 232 g/mol. The number of aromatic nitrogens is 2. The Balaban J connectivity index is 2.18. The molecule has 0 fully saturated rings. The number of imidazole rings is 1. The summed E-state index contributed by atoms with van der Waals surface area (Å²) in [5.74, 6) is 1.80. The summed E-state index contributed by atoms with van der Waals surface area (Å²) in [6, 6.07) is 6.20. The maximum Gasteiger partial charge on any atom is 0.138 e. The van der Waals surface area contributed by atoms with Gasteiger partial charge in [0, 0.05) is 26.0 Å². The standard InChI is InChI=1S/C13H20N4/c1-11(9-14-2)10-16(3)13-6-4-5-12-15-7-8-17(12)13/h4-8,11,14H,9-10H2,1-3H3. The van der Waals surface area contributed by atoms with E-state index in [0.29, 0.717) is 5.92 Å². The Morgan fingerprint density at radius 1 is 1.47 bits per heavy atom. The quantitative estimate of drug-likeness (QED) is 0.850. The lowest BCUT2D eigenvalue weighted by Gasteiger charge is -2.24. The van der Waals surface area contributed by atoms with Crippen LogP contribution in [-0.4, -0.2) is 36.6 Å². The van der Waals surface area contributed by atoms with Crippen molar-refractivity contribution < 1.29 is 0 Å². The average molecular weight is 232 g/mol. The number of pyridine rings is 1. The van der Waals surface area contributed by atoms with Gasteiger partial charge in [0.25, 0.3) is 0 Å². The lowest BCUT2D eigenvalue weighted by Crippen LogP contribution is -2.30. The summed E-state index contributed by atoms with van der Waals surface area (Å²) in [5, 5.41) is 3.21. The van der Waals surface area contributed by atoms with Crippen molar-refractivity contribution in [1.29, 1.82) is 0 Å². The Hall–Kier alpha value is -1.55. The van der Waals surface area contributed by atoms with Crippen LogP contribution in [0.5, 0.6) is 0 Å². The molecule has 0 aliphatic heterocycles. The Labute approximate surface area is 102 Å². The number of nitrogens with one attached hydrogen (secondary N) is 1. The van der Waals surface area contributed by atoms with Gasteiger partial charge < -0.3 is 10.2 Å². The third-order valence-electron chi connectivity index (χ3n) is 2.94. The molecule has 0 bridgehead atoms. The highest BCUT2D eigenvalue weighted by Crippen LogP contribution is 2.15. The van der Waals surface area contributed by atoms with E-state index >= 15 is 0 Å². The van der Waals surface area contributed by atoms with Gasteiger partial charge in [0.2, 0.25) is 0 Å². The Kier molecular flexibility index (Phi) is 3.64. The van der Waals surface area contributed by atoms with E-state index in [4.69, 9.17) is 0 Å². The molecule has 4 nitrogen and oxygen atoms in total. The van der Waals surface area contributed by atoms with E-state index in [1.54, 1.807) is 0 Å². The minimum Gasteiger partial charge on any atom is -0.360 e. The molecule has 0 amide bonds. The van der Waals surface area contributed by atoms with Gasteiger partial charge in [0.05, 0.1) is 0 Å². The van der Waals surface area contributed by atoms with Crippen LogP contribution in [0.15, 0.2) is 30.6 Å². The van der Waals surface area contributed by atoms with Crippen LogP contribution < -0.4 is 10.2 Å². The van der Waals surface area contributed by atoms with Gasteiger partial charge in [-0.2, -0.15) is 0 Å². The summed E-state index contributed by atoms with van der Waals surface area (Å²) in [6.07, 6.45) is 3.84. The second kappa shape index (κ2) is 5.19. The highest BCUT2D eigenvalue weighted by Gasteiger charge is 2.09. The van der Waals surface area contributed by atoms with Gasteiger partial charge in [0.15, 0.2) is 0 Å². The molecule has 0 radical (unpaired) electrons. The molecule has 0 spiro atoms. The number of fused-ring (bicyclic) bond motifs is 1. The number of hydrogen-bond acceptors (Lipinski definition) is 3. The van der Waals surface area contributed by atoms with Gasteiger partial charge in [-0.05, 0) is 31.6 Å². The largest absolute Gasteiger partial charge is 0.360 e. The summed E-state index contributed by atoms with van der Waals surface area (Å²) >= 11 is 0. The molecule has 0 saturated heterocycles. The second-order valence-corrected chi connectivity index (χ2v) is 4.58. The second-order valence-electron chi connectivity index (χ2n) is 4.58. The first-order valence-electron chi connectivity index (χ1n) is 6.00. The van der Waals surface area contributed by atoms with Crippen molar-refractivity contribution >= 4 is 11.5 Å². The smallest absolute Gasteiger partial charge is 0.138 e. The van der Waals surface area contributed by atoms with Crippen LogP contribution in [0.25, 0.3) is 5.65 Å². The Morgan fingerprint density at radius 3 is 3.06 bits per heavy atom. The van der Waals surface area contributed by atoms with Gasteiger partial charge in [-0.1, -0.05) is 13.0 Å². The molecule has 1 N–H and O–H groups in total. The summed E-state index contributed by atoms with van der Waals surface area (Å²) < 4.78 is 2.12. The molecule has 4 heteroatoms. The molecule has 2 heterocycles. The van der Waals surface area contributed by atoms with Crippen LogP contribution in [0.3, 0.4) is 0 Å². The number of nitrogens with zero attached hydrogens (tertiary/aromatic N) is 3. The van der Waals surface area contributed by atoms with E-state index in [9.17, 15) is 0 Å². The van der Waals surface area contributed by atoms with Gasteiger partial charge in [-0.3, -0.25) is 4.40 Å². The van der Waals surface area contributed by atoms with E-state index in [1.165, 1.54) is 5.82 Å². The third kappa shape index (κ3) is 2.58. The summed E-state index contributed by atoms with van der Waals surface area (Å²) in [7, 11) is 4.12. The number of anilines is 1. The van der Waals surface area contributed by atoms with Crippen molar-refractivity contribution in [3.63, 3.8) is 0 Å². The zero-order valence-electron chi connectivity index (χ0n) is 10.7. The van der Waals surface area contributed by atoms with Gasteiger partial charge >= 0.3 is 0 Å². The maximum atomic E-state index is 4.30. The molecule has 0 aliphatic rings. The van der Waals surface area contributed by atoms with Crippen LogP contribution in [0.1, 0.15) is 6.92 Å². The lowest BCUT2D eigenvalue weighted by atomic mass is 10.1. The first-order valence-corrected chi connectivity index (χ1v) is 6.00. The molecule has 1 unspecified atom stereocenters. The highest BCUT2D eigenvalue weighted by atomic mass is 15.2. The van der Waals surface area contributed by atoms with E-state index in [1.807, 2.05) is 25.5 Å². The molecule has 2 aromatic heterocycles. The SMILES string of the molecule is CNCC(C)CN(C)c1cccc2nccn12. The Bertz CT molecular complexity index is 477. The maximum absolute atomic E-state index is 4.30. The van der Waals surface area contributed by atoms with Gasteiger partial charge in [-0.25, -0.2) is 4.98 Å². The average Bonchev–Trinajstić information content (AvgIpc) is 2.76. The fourth-order valence-electron chi connectivity index (χ4n) is 2.22. The van der Waals surface area contributed by atoms with Crippen LogP contribution in [0.4, 0.5) is 5.82 Å². The first kappa shape index (κ1) is 11.9. The van der Waals surface area contributed by atoms with E-state index in [0.717, 1.165) is 18.7 Å². The zero-order chi connectivity index (χ0) is 12.3. The predicted molar refractivity (Wildman–Crippen MR) is 71.6 cm³/mol. The molecule has 92 valence electrons. The topological polar surface area (TPSA) is 32.6 Å². The van der Waals surface area contributed by atoms with Crippen LogP contribution in [0.2, 0.25) is 0 Å². The zero-order valence-corrected chi connectivity index (χ0v) is 10.7. The van der Waals surface area contributed by atoms with Crippen LogP contribution >= 0.6 is 0 Å². The molecular weight excluding hydrogens is 212 g/mol. The van der Waals surface area contributed by atoms with E-state index in [2.05, 4.69) is 45.7 Å². The predicted octanol–water partition coefficient (Wildman–Crippen LogP) is 1.63. The first-order chi connectivity index (χ1) is 8.22. The van der Waals surface area contributed by atoms with Crippen molar-refractivity contribution in [3.8, 4) is 0 Å². The minimum absolute atomic E-state index is 0.615. The van der Waals surface area contributed by atoms with Gasteiger partial charge in [0.1, 0.15) is 11.5 Å². The molecular formula is C13H20N4. The van der Waals surface area contributed by atoms with Crippen molar-refractivity contribution in [1.82, 2.24) is 14.7 Å². The normalized spacial score (nSPS) is 12.9. The lowest BCUT2D eigenvalue weighted by molar-refractivity contribution is 0.540. The van der Waals surface area contributed by atoms with Crippen LogP contribution in [0, 0.1) is 5.92 Å². The third-order valence-corrected chi connectivity index (χ3v) is 2.94. The number of hydrogen-bond donors (Lipinski definition) is 1. The molecule has 2 aromatic rings.